The number of carbonyl (C=O) groups is 2. The van der Waals surface area contributed by atoms with Crippen LogP contribution in [-0.2, 0) is 16.1 Å². The molecule has 27 heavy (non-hydrogen) atoms. The smallest absolute Gasteiger partial charge is 0.339 e. The summed E-state index contributed by atoms with van der Waals surface area (Å²) in [4.78, 5) is 27.5. The number of amides is 1. The van der Waals surface area contributed by atoms with Gasteiger partial charge in [-0.2, -0.15) is 0 Å². The number of thioether (sulfide) groups is 1. The first kappa shape index (κ1) is 19.5. The molecule has 0 saturated carbocycles. The summed E-state index contributed by atoms with van der Waals surface area (Å²) >= 11 is 1.41. The third-order valence-electron chi connectivity index (χ3n) is 4.77. The fourth-order valence-corrected chi connectivity index (χ4v) is 4.13. The summed E-state index contributed by atoms with van der Waals surface area (Å²) < 4.78 is 5.53. The highest BCUT2D eigenvalue weighted by Gasteiger charge is 2.19. The van der Waals surface area contributed by atoms with Crippen molar-refractivity contribution >= 4 is 23.6 Å². The summed E-state index contributed by atoms with van der Waals surface area (Å²) in [6.45, 7) is 6.00. The van der Waals surface area contributed by atoms with E-state index in [1.807, 2.05) is 49.1 Å². The third-order valence-corrected chi connectivity index (χ3v) is 5.83. The van der Waals surface area contributed by atoms with E-state index in [0.717, 1.165) is 42.0 Å². The van der Waals surface area contributed by atoms with Gasteiger partial charge in [0.15, 0.2) is 0 Å². The minimum atomic E-state index is -0.355. The standard InChI is InChI=1S/C22H25NO3S/c1-16-9-10-18(17(2)13-16)14-26-22(25)19-7-3-4-8-20(19)27-15-21(24)23-11-5-6-12-23/h3-4,7-10,13H,5-6,11-12,14-15H2,1-2H3. The number of hydrogen-bond acceptors (Lipinski definition) is 4. The maximum absolute atomic E-state index is 12.6. The van der Waals surface area contributed by atoms with Gasteiger partial charge in [0, 0.05) is 18.0 Å². The lowest BCUT2D eigenvalue weighted by Gasteiger charge is -2.15. The monoisotopic (exact) mass is 383 g/mol. The van der Waals surface area contributed by atoms with E-state index in [4.69, 9.17) is 4.74 Å². The van der Waals surface area contributed by atoms with Gasteiger partial charge in [-0.25, -0.2) is 4.79 Å². The number of nitrogens with zero attached hydrogens (tertiary/aromatic N) is 1. The van der Waals surface area contributed by atoms with Crippen molar-refractivity contribution in [3.8, 4) is 0 Å². The second-order valence-electron chi connectivity index (χ2n) is 6.88. The quantitative estimate of drug-likeness (QED) is 0.549. The van der Waals surface area contributed by atoms with Gasteiger partial charge in [0.2, 0.25) is 5.91 Å². The number of likely N-dealkylation sites (tertiary alicyclic amines) is 1. The van der Waals surface area contributed by atoms with Gasteiger partial charge in [0.05, 0.1) is 11.3 Å². The predicted octanol–water partition coefficient (Wildman–Crippen LogP) is 4.37. The summed E-state index contributed by atoms with van der Waals surface area (Å²) in [6, 6.07) is 13.4. The molecule has 1 fully saturated rings. The Labute approximate surface area is 164 Å². The first-order chi connectivity index (χ1) is 13.0. The molecule has 1 aliphatic rings. The predicted molar refractivity (Wildman–Crippen MR) is 108 cm³/mol. The largest absolute Gasteiger partial charge is 0.457 e. The van der Waals surface area contributed by atoms with Gasteiger partial charge in [0.25, 0.3) is 0 Å². The Balaban J connectivity index is 1.62. The van der Waals surface area contributed by atoms with Crippen LogP contribution in [0.25, 0.3) is 0 Å². The highest BCUT2D eigenvalue weighted by molar-refractivity contribution is 8.00. The molecule has 0 aliphatic carbocycles. The van der Waals surface area contributed by atoms with E-state index in [1.165, 1.54) is 17.3 Å². The van der Waals surface area contributed by atoms with Crippen LogP contribution in [0.2, 0.25) is 0 Å². The summed E-state index contributed by atoms with van der Waals surface area (Å²) in [6.07, 6.45) is 2.16. The minimum absolute atomic E-state index is 0.135. The Morgan fingerprint density at radius 2 is 1.81 bits per heavy atom. The molecule has 3 rings (SSSR count). The minimum Gasteiger partial charge on any atom is -0.457 e. The summed E-state index contributed by atoms with van der Waals surface area (Å²) in [5, 5.41) is 0. The van der Waals surface area contributed by atoms with Gasteiger partial charge in [-0.15, -0.1) is 11.8 Å². The van der Waals surface area contributed by atoms with Crippen molar-refractivity contribution in [1.29, 1.82) is 0 Å². The van der Waals surface area contributed by atoms with E-state index < -0.39 is 0 Å². The molecule has 0 radical (unpaired) electrons. The van der Waals surface area contributed by atoms with Gasteiger partial charge in [-0.3, -0.25) is 4.79 Å². The van der Waals surface area contributed by atoms with Crippen LogP contribution in [0.4, 0.5) is 0 Å². The molecular weight excluding hydrogens is 358 g/mol. The molecule has 0 spiro atoms. The molecule has 1 heterocycles. The Hall–Kier alpha value is -2.27. The average molecular weight is 384 g/mol. The van der Waals surface area contributed by atoms with Crippen LogP contribution in [-0.4, -0.2) is 35.6 Å². The number of hydrogen-bond donors (Lipinski definition) is 0. The van der Waals surface area contributed by atoms with Crippen LogP contribution in [0.15, 0.2) is 47.4 Å². The second kappa shape index (κ2) is 9.09. The van der Waals surface area contributed by atoms with Crippen molar-refractivity contribution in [2.45, 2.75) is 38.2 Å². The molecule has 0 unspecified atom stereocenters. The lowest BCUT2D eigenvalue weighted by molar-refractivity contribution is -0.127. The lowest BCUT2D eigenvalue weighted by atomic mass is 10.1. The van der Waals surface area contributed by atoms with Gasteiger partial charge in [0.1, 0.15) is 6.61 Å². The number of carbonyl (C=O) groups excluding carboxylic acids is 2. The maximum atomic E-state index is 12.6. The second-order valence-corrected chi connectivity index (χ2v) is 7.90. The molecule has 5 heteroatoms. The van der Waals surface area contributed by atoms with Crippen LogP contribution in [0.5, 0.6) is 0 Å². The number of esters is 1. The number of ether oxygens (including phenoxy) is 1. The zero-order valence-corrected chi connectivity index (χ0v) is 16.7. The van der Waals surface area contributed by atoms with E-state index in [2.05, 4.69) is 6.07 Å². The molecule has 2 aromatic rings. The van der Waals surface area contributed by atoms with Crippen molar-refractivity contribution in [3.05, 3.63) is 64.7 Å². The average Bonchev–Trinajstić information content (AvgIpc) is 3.20. The first-order valence-electron chi connectivity index (χ1n) is 9.27. The maximum Gasteiger partial charge on any atom is 0.339 e. The fraction of sp³-hybridized carbons (Fsp3) is 0.364. The van der Waals surface area contributed by atoms with Crippen LogP contribution in [0.3, 0.4) is 0 Å². The molecular formula is C22H25NO3S. The molecule has 0 atom stereocenters. The van der Waals surface area contributed by atoms with Crippen molar-refractivity contribution in [2.24, 2.45) is 0 Å². The Morgan fingerprint density at radius 3 is 2.56 bits per heavy atom. The third kappa shape index (κ3) is 5.13. The molecule has 4 nitrogen and oxygen atoms in total. The van der Waals surface area contributed by atoms with Crippen LogP contribution < -0.4 is 0 Å². The Morgan fingerprint density at radius 1 is 1.07 bits per heavy atom. The fourth-order valence-electron chi connectivity index (χ4n) is 3.19. The summed E-state index contributed by atoms with van der Waals surface area (Å²) in [7, 11) is 0. The molecule has 0 bridgehead atoms. The highest BCUT2D eigenvalue weighted by atomic mass is 32.2. The molecule has 1 amide bonds. The van der Waals surface area contributed by atoms with Gasteiger partial charge >= 0.3 is 5.97 Å². The van der Waals surface area contributed by atoms with Crippen molar-refractivity contribution in [1.82, 2.24) is 4.90 Å². The van der Waals surface area contributed by atoms with E-state index in [0.29, 0.717) is 11.3 Å². The normalized spacial score (nSPS) is 13.6. The highest BCUT2D eigenvalue weighted by Crippen LogP contribution is 2.25. The zero-order valence-electron chi connectivity index (χ0n) is 15.9. The lowest BCUT2D eigenvalue weighted by Crippen LogP contribution is -2.29. The van der Waals surface area contributed by atoms with E-state index in [9.17, 15) is 9.59 Å². The molecule has 0 aromatic heterocycles. The zero-order chi connectivity index (χ0) is 19.2. The van der Waals surface area contributed by atoms with Gasteiger partial charge in [-0.05, 0) is 49.9 Å². The van der Waals surface area contributed by atoms with E-state index in [-0.39, 0.29) is 18.5 Å². The van der Waals surface area contributed by atoms with Crippen LogP contribution in [0.1, 0.15) is 39.9 Å². The van der Waals surface area contributed by atoms with E-state index >= 15 is 0 Å². The molecule has 1 aliphatic heterocycles. The topological polar surface area (TPSA) is 46.6 Å². The molecule has 0 N–H and O–H groups in total. The summed E-state index contributed by atoms with van der Waals surface area (Å²) in [5.74, 6) is 0.129. The van der Waals surface area contributed by atoms with Gasteiger partial charge in [-0.1, -0.05) is 35.9 Å². The van der Waals surface area contributed by atoms with Crippen molar-refractivity contribution in [3.63, 3.8) is 0 Å². The number of rotatable bonds is 6. The summed E-state index contributed by atoms with van der Waals surface area (Å²) in [5.41, 5.74) is 3.82. The molecule has 2 aromatic carbocycles. The van der Waals surface area contributed by atoms with Crippen molar-refractivity contribution < 1.29 is 14.3 Å². The van der Waals surface area contributed by atoms with Crippen LogP contribution >= 0.6 is 11.8 Å². The molecule has 1 saturated heterocycles. The molecule has 142 valence electrons. The van der Waals surface area contributed by atoms with Gasteiger partial charge < -0.3 is 9.64 Å². The Bertz CT molecular complexity index is 828. The van der Waals surface area contributed by atoms with E-state index in [1.54, 1.807) is 6.07 Å². The van der Waals surface area contributed by atoms with Crippen LogP contribution in [0, 0.1) is 13.8 Å². The number of aryl methyl sites for hydroxylation is 2. The number of benzene rings is 2. The Kier molecular flexibility index (Phi) is 6.56. The van der Waals surface area contributed by atoms with Crippen molar-refractivity contribution in [2.75, 3.05) is 18.8 Å². The SMILES string of the molecule is Cc1ccc(COC(=O)c2ccccc2SCC(=O)N2CCCC2)c(C)c1. The first-order valence-corrected chi connectivity index (χ1v) is 10.3.